The molecule has 142 valence electrons. The Labute approximate surface area is 163 Å². The molecule has 0 aromatic heterocycles. The zero-order chi connectivity index (χ0) is 20.5. The van der Waals surface area contributed by atoms with E-state index in [0.29, 0.717) is 5.56 Å². The Hall–Kier alpha value is -2.63. The van der Waals surface area contributed by atoms with Crippen molar-refractivity contribution in [1.29, 1.82) is 0 Å². The van der Waals surface area contributed by atoms with Crippen LogP contribution in [0.15, 0.2) is 18.7 Å². The van der Waals surface area contributed by atoms with Crippen LogP contribution in [-0.2, 0) is 0 Å². The Balaban J connectivity index is 2.64. The maximum Gasteiger partial charge on any atom is 0.347 e. The number of halogens is 5. The second-order valence-corrected chi connectivity index (χ2v) is 6.08. The van der Waals surface area contributed by atoms with Gasteiger partial charge in [-0.05, 0) is 40.3 Å². The number of carboxylic acids is 1. The van der Waals surface area contributed by atoms with Gasteiger partial charge in [-0.1, -0.05) is 12.7 Å². The van der Waals surface area contributed by atoms with E-state index in [4.69, 9.17) is 9.47 Å². The molecule has 0 amide bonds. The number of benzene rings is 2. The first-order chi connectivity index (χ1) is 12.6. The van der Waals surface area contributed by atoms with E-state index in [2.05, 4.69) is 6.58 Å². The van der Waals surface area contributed by atoms with Crippen molar-refractivity contribution in [3.8, 4) is 11.5 Å². The summed E-state index contributed by atoms with van der Waals surface area (Å²) < 4.78 is 64.6. The Bertz CT molecular complexity index is 975. The van der Waals surface area contributed by atoms with Crippen molar-refractivity contribution in [3.63, 3.8) is 0 Å². The summed E-state index contributed by atoms with van der Waals surface area (Å²) in [6, 6.07) is 2.88. The van der Waals surface area contributed by atoms with E-state index in [1.807, 2.05) is 0 Å². The van der Waals surface area contributed by atoms with Gasteiger partial charge in [-0.15, -0.1) is 0 Å². The Morgan fingerprint density at radius 1 is 1.07 bits per heavy atom. The highest BCUT2D eigenvalue weighted by Crippen LogP contribution is 2.35. The molecular formula is C17H8F4IO5-. The van der Waals surface area contributed by atoms with Crippen LogP contribution in [0.4, 0.5) is 17.6 Å². The molecule has 0 bridgehead atoms. The topological polar surface area (TPSA) is 75.7 Å². The Kier molecular flexibility index (Phi) is 6.08. The fourth-order valence-corrected chi connectivity index (χ4v) is 2.85. The van der Waals surface area contributed by atoms with Crippen molar-refractivity contribution in [2.45, 2.75) is 0 Å². The van der Waals surface area contributed by atoms with Crippen molar-refractivity contribution < 1.29 is 41.7 Å². The number of ether oxygens (including phenoxy) is 2. The molecule has 5 nitrogen and oxygen atoms in total. The Morgan fingerprint density at radius 3 is 2.11 bits per heavy atom. The molecule has 0 fully saturated rings. The van der Waals surface area contributed by atoms with Crippen LogP contribution in [0.5, 0.6) is 11.5 Å². The van der Waals surface area contributed by atoms with Gasteiger partial charge in [0.2, 0.25) is 0 Å². The predicted molar refractivity (Wildman–Crippen MR) is 91.4 cm³/mol. The normalized spacial score (nSPS) is 10.4. The lowest BCUT2D eigenvalue weighted by Gasteiger charge is -2.16. The van der Waals surface area contributed by atoms with E-state index in [0.717, 1.165) is 0 Å². The van der Waals surface area contributed by atoms with Gasteiger partial charge in [-0.3, -0.25) is 0 Å². The minimum Gasteiger partial charge on any atom is -0.545 e. The highest BCUT2D eigenvalue weighted by molar-refractivity contribution is 14.1. The third-order valence-corrected chi connectivity index (χ3v) is 4.16. The molecule has 0 aliphatic heterocycles. The number of methoxy groups -OCH3 is 1. The van der Waals surface area contributed by atoms with Crippen LogP contribution in [0.2, 0.25) is 0 Å². The molecule has 2 aromatic rings. The third-order valence-electron chi connectivity index (χ3n) is 3.36. The second-order valence-electron chi connectivity index (χ2n) is 4.92. The van der Waals surface area contributed by atoms with Gasteiger partial charge in [0.15, 0.2) is 34.8 Å². The number of esters is 1. The number of aromatic carboxylic acids is 1. The van der Waals surface area contributed by atoms with Crippen molar-refractivity contribution in [3.05, 3.63) is 62.2 Å². The van der Waals surface area contributed by atoms with Gasteiger partial charge >= 0.3 is 5.97 Å². The lowest BCUT2D eigenvalue weighted by Crippen LogP contribution is -2.30. The number of carbonyl (C=O) groups excluding carboxylic acids is 2. The molecule has 0 radical (unpaired) electrons. The number of hydrogen-bond acceptors (Lipinski definition) is 5. The number of rotatable bonds is 5. The minimum atomic E-state index is -2.43. The van der Waals surface area contributed by atoms with Gasteiger partial charge in [0.25, 0.3) is 0 Å². The van der Waals surface area contributed by atoms with E-state index in [-0.39, 0.29) is 15.1 Å². The summed E-state index contributed by atoms with van der Waals surface area (Å²) in [5.41, 5.74) is -2.89. The van der Waals surface area contributed by atoms with Crippen LogP contribution in [0.25, 0.3) is 6.08 Å². The standard InChI is InChI=1S/C17H9F4IO5/c1-3-6-4-7(22)15(8(5-6)26-2)27-17(25)10-9(16(23)24)11(18)13(20)14(21)12(10)19/h3-5H,1H2,2H3,(H,23,24)/p-1. The molecule has 27 heavy (non-hydrogen) atoms. The summed E-state index contributed by atoms with van der Waals surface area (Å²) in [4.78, 5) is 23.3. The van der Waals surface area contributed by atoms with Gasteiger partial charge in [-0.2, -0.15) is 0 Å². The largest absolute Gasteiger partial charge is 0.545 e. The van der Waals surface area contributed by atoms with Gasteiger partial charge in [0.1, 0.15) is 5.56 Å². The van der Waals surface area contributed by atoms with Crippen LogP contribution in [-0.4, -0.2) is 19.0 Å². The average molecular weight is 495 g/mol. The van der Waals surface area contributed by atoms with E-state index in [1.54, 1.807) is 22.6 Å². The zero-order valence-electron chi connectivity index (χ0n) is 13.4. The minimum absolute atomic E-state index is 0.0244. The zero-order valence-corrected chi connectivity index (χ0v) is 15.5. The summed E-state index contributed by atoms with van der Waals surface area (Å²) in [6.07, 6.45) is 1.45. The van der Waals surface area contributed by atoms with Gasteiger partial charge in [-0.25, -0.2) is 22.4 Å². The summed E-state index contributed by atoms with van der Waals surface area (Å²) in [7, 11) is 1.22. The maximum absolute atomic E-state index is 14.0. The molecule has 10 heteroatoms. The Morgan fingerprint density at radius 2 is 1.63 bits per heavy atom. The molecule has 2 rings (SSSR count). The fraction of sp³-hybridized carbons (Fsp3) is 0.0588. The van der Waals surface area contributed by atoms with E-state index >= 15 is 0 Å². The molecule has 0 saturated carbocycles. The van der Waals surface area contributed by atoms with Crippen LogP contribution in [0.1, 0.15) is 26.3 Å². The molecule has 0 aliphatic carbocycles. The molecule has 0 spiro atoms. The molecule has 0 N–H and O–H groups in total. The van der Waals surface area contributed by atoms with Crippen LogP contribution >= 0.6 is 22.6 Å². The predicted octanol–water partition coefficient (Wildman–Crippen LogP) is 3.08. The van der Waals surface area contributed by atoms with Crippen molar-refractivity contribution in [2.24, 2.45) is 0 Å². The number of carboxylic acid groups (broad SMARTS) is 1. The smallest absolute Gasteiger partial charge is 0.347 e. The maximum atomic E-state index is 14.0. The summed E-state index contributed by atoms with van der Waals surface area (Å²) in [6.45, 7) is 3.55. The number of hydrogen-bond donors (Lipinski definition) is 0. The quantitative estimate of drug-likeness (QED) is 0.159. The van der Waals surface area contributed by atoms with E-state index < -0.39 is 46.3 Å². The summed E-state index contributed by atoms with van der Waals surface area (Å²) >= 11 is 1.72. The molecule has 0 atom stereocenters. The first-order valence-corrected chi connectivity index (χ1v) is 8.01. The van der Waals surface area contributed by atoms with E-state index in [9.17, 15) is 32.3 Å². The molecule has 0 saturated heterocycles. The summed E-state index contributed by atoms with van der Waals surface area (Å²) in [5.74, 6) is -13.8. The van der Waals surface area contributed by atoms with E-state index in [1.165, 1.54) is 25.3 Å². The van der Waals surface area contributed by atoms with Crippen molar-refractivity contribution in [2.75, 3.05) is 7.11 Å². The molecular weight excluding hydrogens is 487 g/mol. The third kappa shape index (κ3) is 3.75. The lowest BCUT2D eigenvalue weighted by molar-refractivity contribution is -0.255. The second kappa shape index (κ2) is 7.94. The van der Waals surface area contributed by atoms with Gasteiger partial charge in [0, 0.05) is 0 Å². The van der Waals surface area contributed by atoms with Gasteiger partial charge in [0.05, 0.1) is 22.2 Å². The average Bonchev–Trinajstić information content (AvgIpc) is 2.63. The first kappa shape index (κ1) is 20.7. The molecule has 0 heterocycles. The number of carbonyl (C=O) groups is 2. The monoisotopic (exact) mass is 495 g/mol. The van der Waals surface area contributed by atoms with Crippen LogP contribution < -0.4 is 14.6 Å². The fourth-order valence-electron chi connectivity index (χ4n) is 2.12. The molecule has 2 aromatic carbocycles. The van der Waals surface area contributed by atoms with Crippen LogP contribution in [0, 0.1) is 26.8 Å². The lowest BCUT2D eigenvalue weighted by atomic mass is 10.1. The molecule has 0 aliphatic rings. The summed E-state index contributed by atoms with van der Waals surface area (Å²) in [5, 5.41) is 11.0. The van der Waals surface area contributed by atoms with Crippen molar-refractivity contribution >= 4 is 40.6 Å². The van der Waals surface area contributed by atoms with Crippen molar-refractivity contribution in [1.82, 2.24) is 0 Å². The van der Waals surface area contributed by atoms with Gasteiger partial charge < -0.3 is 19.4 Å². The highest BCUT2D eigenvalue weighted by atomic mass is 127. The first-order valence-electron chi connectivity index (χ1n) is 6.93. The SMILES string of the molecule is C=Cc1cc(I)c(OC(=O)c2c(F)c(F)c(F)c(F)c2C(=O)[O-])c(OC)c1. The molecule has 0 unspecified atom stereocenters. The highest BCUT2D eigenvalue weighted by Gasteiger charge is 2.31. The van der Waals surface area contributed by atoms with Crippen LogP contribution in [0.3, 0.4) is 0 Å².